The van der Waals surface area contributed by atoms with Crippen LogP contribution in [0.3, 0.4) is 0 Å². The SMILES string of the molecule is COc1c(Nc2ncc3c(n2)N(C2CCCC2)CC(F)(F)C(=O)N3C)ccc(C(N)=O)c1CC1CC12CCNCC2. The smallest absolute Gasteiger partial charge is 0.342 e. The number of carbonyl (C=O) groups excluding carboxylic acids is 2. The molecular weight excluding hydrogens is 532 g/mol. The molecule has 1 aromatic carbocycles. The molecule has 2 aliphatic carbocycles. The average Bonchev–Trinajstić information content (AvgIpc) is 3.33. The van der Waals surface area contributed by atoms with E-state index in [-0.39, 0.29) is 17.7 Å². The van der Waals surface area contributed by atoms with Gasteiger partial charge in [0, 0.05) is 24.2 Å². The van der Waals surface area contributed by atoms with Crippen molar-refractivity contribution in [3.05, 3.63) is 29.5 Å². The van der Waals surface area contributed by atoms with Crippen LogP contribution in [0.25, 0.3) is 0 Å². The van der Waals surface area contributed by atoms with E-state index in [2.05, 4.69) is 20.6 Å². The van der Waals surface area contributed by atoms with E-state index in [4.69, 9.17) is 10.5 Å². The number of benzene rings is 1. The Kier molecular flexibility index (Phi) is 6.99. The second-order valence-electron chi connectivity index (χ2n) is 11.9. The highest BCUT2D eigenvalue weighted by atomic mass is 19.3. The molecule has 2 aliphatic heterocycles. The zero-order chi connectivity index (χ0) is 28.9. The first-order valence-corrected chi connectivity index (χ1v) is 14.4. The topological polar surface area (TPSA) is 126 Å². The van der Waals surface area contributed by atoms with E-state index in [1.54, 1.807) is 24.1 Å². The lowest BCUT2D eigenvalue weighted by atomic mass is 9.88. The molecule has 12 heteroatoms. The number of aromatic nitrogens is 2. The van der Waals surface area contributed by atoms with Crippen molar-refractivity contribution >= 4 is 35.0 Å². The zero-order valence-corrected chi connectivity index (χ0v) is 23.5. The quantitative estimate of drug-likeness (QED) is 0.462. The highest BCUT2D eigenvalue weighted by molar-refractivity contribution is 6.02. The van der Waals surface area contributed by atoms with Gasteiger partial charge in [0.2, 0.25) is 11.9 Å². The second kappa shape index (κ2) is 10.4. The summed E-state index contributed by atoms with van der Waals surface area (Å²) in [6, 6.07) is 3.24. The van der Waals surface area contributed by atoms with E-state index in [9.17, 15) is 18.4 Å². The largest absolute Gasteiger partial charge is 0.494 e. The minimum absolute atomic E-state index is 0.140. The number of primary amides is 1. The predicted molar refractivity (Wildman–Crippen MR) is 151 cm³/mol. The van der Waals surface area contributed by atoms with Gasteiger partial charge in [-0.05, 0) is 75.1 Å². The lowest BCUT2D eigenvalue weighted by Gasteiger charge is -2.31. The number of nitrogens with two attached hydrogens (primary N) is 1. The molecule has 4 aliphatic rings. The van der Waals surface area contributed by atoms with E-state index in [1.807, 2.05) is 0 Å². The van der Waals surface area contributed by atoms with Crippen molar-refractivity contribution in [1.82, 2.24) is 15.3 Å². The van der Waals surface area contributed by atoms with Crippen LogP contribution in [0.15, 0.2) is 18.3 Å². The zero-order valence-electron chi connectivity index (χ0n) is 23.5. The van der Waals surface area contributed by atoms with Gasteiger partial charge in [0.05, 0.1) is 25.5 Å². The number of alkyl halides is 2. The third-order valence-electron chi connectivity index (χ3n) is 9.52. The van der Waals surface area contributed by atoms with Gasteiger partial charge in [-0.2, -0.15) is 13.8 Å². The van der Waals surface area contributed by atoms with E-state index in [0.29, 0.717) is 40.6 Å². The van der Waals surface area contributed by atoms with Gasteiger partial charge in [-0.3, -0.25) is 9.59 Å². The standard InChI is InChI=1S/C29H37F2N7O3/c1-37-22-15-34-27(36-25(22)38(18-5-3-4-6-18)16-29(30,31)26(37)40)35-21-8-7-19(24(32)39)20(23(21)41-2)13-17-14-28(17)9-11-33-12-10-28/h7-8,15,17-18,33H,3-6,9-14,16H2,1-2H3,(H2,32,39)(H,34,35,36). The number of carbonyl (C=O) groups is 2. The van der Waals surface area contributed by atoms with Crippen molar-refractivity contribution in [3.63, 3.8) is 0 Å². The van der Waals surface area contributed by atoms with E-state index in [1.165, 1.54) is 13.2 Å². The molecule has 0 bridgehead atoms. The van der Waals surface area contributed by atoms with Crippen LogP contribution in [-0.2, 0) is 11.2 Å². The molecule has 6 rings (SSSR count). The van der Waals surface area contributed by atoms with Gasteiger partial charge < -0.3 is 30.9 Å². The Morgan fingerprint density at radius 2 is 1.98 bits per heavy atom. The number of nitrogens with one attached hydrogen (secondary N) is 2. The maximum Gasteiger partial charge on any atom is 0.342 e. The van der Waals surface area contributed by atoms with Crippen LogP contribution in [-0.4, -0.2) is 67.5 Å². The lowest BCUT2D eigenvalue weighted by Crippen LogP contribution is -2.48. The molecule has 1 saturated heterocycles. The van der Waals surface area contributed by atoms with Crippen LogP contribution in [0.1, 0.15) is 60.9 Å². The molecule has 2 amide bonds. The molecule has 3 fully saturated rings. The van der Waals surface area contributed by atoms with Crippen LogP contribution < -0.4 is 30.9 Å². The molecule has 3 heterocycles. The fourth-order valence-corrected chi connectivity index (χ4v) is 7.12. The van der Waals surface area contributed by atoms with Crippen molar-refractivity contribution in [3.8, 4) is 5.75 Å². The van der Waals surface area contributed by atoms with E-state index < -0.39 is 24.3 Å². The van der Waals surface area contributed by atoms with Gasteiger partial charge in [0.25, 0.3) is 5.91 Å². The number of piperidine rings is 1. The molecule has 0 radical (unpaired) electrons. The molecule has 220 valence electrons. The van der Waals surface area contributed by atoms with E-state index in [0.717, 1.165) is 68.5 Å². The number of fused-ring (bicyclic) bond motifs is 1. The number of rotatable bonds is 7. The van der Waals surface area contributed by atoms with Gasteiger partial charge in [-0.15, -0.1) is 0 Å². The first kappa shape index (κ1) is 27.6. The summed E-state index contributed by atoms with van der Waals surface area (Å²) in [6.07, 6.45) is 8.78. The number of nitrogens with zero attached hydrogens (tertiary/aromatic N) is 4. The average molecular weight is 570 g/mol. The third kappa shape index (κ3) is 4.96. The van der Waals surface area contributed by atoms with Gasteiger partial charge in [0.1, 0.15) is 11.4 Å². The Morgan fingerprint density at radius 3 is 2.66 bits per heavy atom. The van der Waals surface area contributed by atoms with Gasteiger partial charge >= 0.3 is 5.92 Å². The summed E-state index contributed by atoms with van der Waals surface area (Å²) in [5.74, 6) is -3.96. The molecule has 10 nitrogen and oxygen atoms in total. The number of amides is 2. The van der Waals surface area contributed by atoms with Crippen LogP contribution in [0, 0.1) is 11.3 Å². The normalized spacial score (nSPS) is 23.3. The van der Waals surface area contributed by atoms with Crippen molar-refractivity contribution in [2.24, 2.45) is 17.1 Å². The van der Waals surface area contributed by atoms with Crippen LogP contribution in [0.2, 0.25) is 0 Å². The van der Waals surface area contributed by atoms with Gasteiger partial charge in [-0.1, -0.05) is 12.8 Å². The molecule has 1 aromatic heterocycles. The number of ether oxygens (including phenoxy) is 1. The molecule has 1 unspecified atom stereocenters. The lowest BCUT2D eigenvalue weighted by molar-refractivity contribution is -0.140. The number of halogens is 2. The Balaban J connectivity index is 1.35. The van der Waals surface area contributed by atoms with Gasteiger partial charge in [0.15, 0.2) is 5.82 Å². The fraction of sp³-hybridized carbons (Fsp3) is 0.586. The minimum atomic E-state index is -3.55. The summed E-state index contributed by atoms with van der Waals surface area (Å²) in [5.41, 5.74) is 8.01. The minimum Gasteiger partial charge on any atom is -0.494 e. The summed E-state index contributed by atoms with van der Waals surface area (Å²) < 4.78 is 35.8. The predicted octanol–water partition coefficient (Wildman–Crippen LogP) is 3.62. The molecule has 41 heavy (non-hydrogen) atoms. The Hall–Kier alpha value is -3.54. The first-order valence-electron chi connectivity index (χ1n) is 14.4. The van der Waals surface area contributed by atoms with Crippen LogP contribution >= 0.6 is 0 Å². The molecule has 4 N–H and O–H groups in total. The summed E-state index contributed by atoms with van der Waals surface area (Å²) in [6.45, 7) is 1.26. The molecule has 2 saturated carbocycles. The maximum absolute atomic E-state index is 15.0. The summed E-state index contributed by atoms with van der Waals surface area (Å²) in [5, 5.41) is 6.62. The number of hydrogen-bond acceptors (Lipinski definition) is 8. The van der Waals surface area contributed by atoms with Crippen molar-refractivity contribution in [2.75, 3.05) is 48.9 Å². The maximum atomic E-state index is 15.0. The molecule has 2 aromatic rings. The first-order chi connectivity index (χ1) is 19.6. The summed E-state index contributed by atoms with van der Waals surface area (Å²) >= 11 is 0. The second-order valence-corrected chi connectivity index (χ2v) is 11.9. The number of methoxy groups -OCH3 is 1. The van der Waals surface area contributed by atoms with E-state index >= 15 is 0 Å². The van der Waals surface area contributed by atoms with Crippen molar-refractivity contribution < 1.29 is 23.1 Å². The van der Waals surface area contributed by atoms with Crippen LogP contribution in [0.4, 0.5) is 31.9 Å². The monoisotopic (exact) mass is 569 g/mol. The Bertz CT molecular complexity index is 1360. The fourth-order valence-electron chi connectivity index (χ4n) is 7.12. The number of hydrogen-bond donors (Lipinski definition) is 3. The summed E-state index contributed by atoms with van der Waals surface area (Å²) in [4.78, 5) is 36.6. The summed E-state index contributed by atoms with van der Waals surface area (Å²) in [7, 11) is 2.87. The third-order valence-corrected chi connectivity index (χ3v) is 9.52. The molecule has 1 spiro atoms. The van der Waals surface area contributed by atoms with Crippen molar-refractivity contribution in [2.45, 2.75) is 63.3 Å². The van der Waals surface area contributed by atoms with Crippen LogP contribution in [0.5, 0.6) is 5.75 Å². The molecular formula is C29H37F2N7O3. The Morgan fingerprint density at radius 1 is 1.24 bits per heavy atom. The highest BCUT2D eigenvalue weighted by Crippen LogP contribution is 2.60. The number of anilines is 4. The van der Waals surface area contributed by atoms with Crippen molar-refractivity contribution in [1.29, 1.82) is 0 Å². The Labute approximate surface area is 238 Å². The molecule has 1 atom stereocenters. The van der Waals surface area contributed by atoms with Gasteiger partial charge in [-0.25, -0.2) is 4.98 Å². The highest BCUT2D eigenvalue weighted by Gasteiger charge is 2.54.